The zero-order valence-corrected chi connectivity index (χ0v) is 13.1. The van der Waals surface area contributed by atoms with Gasteiger partial charge in [0.05, 0.1) is 17.4 Å². The van der Waals surface area contributed by atoms with E-state index in [2.05, 4.69) is 10.4 Å². The molecule has 2 heterocycles. The normalized spacial score (nSPS) is 12.8. The van der Waals surface area contributed by atoms with Crippen LogP contribution in [0.25, 0.3) is 5.69 Å². The lowest BCUT2D eigenvalue weighted by atomic mass is 10.2. The molecule has 126 valence electrons. The van der Waals surface area contributed by atoms with E-state index < -0.39 is 16.7 Å². The van der Waals surface area contributed by atoms with Gasteiger partial charge in [0.15, 0.2) is 5.76 Å². The Kier molecular flexibility index (Phi) is 3.57. The molecule has 4 rings (SSSR count). The van der Waals surface area contributed by atoms with Gasteiger partial charge in [-0.15, -0.1) is 0 Å². The third-order valence-corrected chi connectivity index (χ3v) is 4.14. The van der Waals surface area contributed by atoms with Gasteiger partial charge in [0, 0.05) is 5.56 Å². The topological polar surface area (TPSA) is 103 Å². The fourth-order valence-corrected chi connectivity index (χ4v) is 2.99. The number of aryl methyl sites for hydroxylation is 1. The van der Waals surface area contributed by atoms with E-state index in [-0.39, 0.29) is 5.76 Å². The molecule has 1 aliphatic rings. The van der Waals surface area contributed by atoms with Gasteiger partial charge in [-0.1, -0.05) is 18.2 Å². The molecule has 8 nitrogen and oxygen atoms in total. The number of carbonyl (C=O) groups excluding carboxylic acids is 1. The van der Waals surface area contributed by atoms with Gasteiger partial charge < -0.3 is 9.73 Å². The Labute approximate surface area is 142 Å². The number of nitrogens with zero attached hydrogens (tertiary/aromatic N) is 3. The van der Waals surface area contributed by atoms with Crippen LogP contribution in [-0.2, 0) is 12.8 Å². The SMILES string of the molecule is O=C(Nc1c2c(nn1-c1ccccc1)CCC2)c1ccc([N+](=O)[O-])o1. The van der Waals surface area contributed by atoms with E-state index in [1.165, 1.54) is 6.07 Å². The van der Waals surface area contributed by atoms with Gasteiger partial charge in [0.25, 0.3) is 5.91 Å². The zero-order valence-electron chi connectivity index (χ0n) is 13.1. The lowest BCUT2D eigenvalue weighted by molar-refractivity contribution is -0.402. The Bertz CT molecular complexity index is 958. The van der Waals surface area contributed by atoms with Crippen molar-refractivity contribution in [2.45, 2.75) is 19.3 Å². The maximum Gasteiger partial charge on any atom is 0.433 e. The van der Waals surface area contributed by atoms with E-state index in [0.29, 0.717) is 5.82 Å². The number of rotatable bonds is 4. The molecular weight excluding hydrogens is 324 g/mol. The summed E-state index contributed by atoms with van der Waals surface area (Å²) in [5, 5.41) is 18.1. The Morgan fingerprint density at radius 1 is 1.20 bits per heavy atom. The number of furan rings is 1. The van der Waals surface area contributed by atoms with Crippen molar-refractivity contribution in [2.75, 3.05) is 5.32 Å². The van der Waals surface area contributed by atoms with Gasteiger partial charge in [0.1, 0.15) is 10.7 Å². The molecule has 1 N–H and O–H groups in total. The van der Waals surface area contributed by atoms with Crippen LogP contribution in [0, 0.1) is 10.1 Å². The Hall–Kier alpha value is -3.42. The molecule has 25 heavy (non-hydrogen) atoms. The molecule has 0 atom stereocenters. The molecule has 2 aromatic heterocycles. The van der Waals surface area contributed by atoms with Crippen LogP contribution < -0.4 is 5.32 Å². The molecule has 0 aliphatic heterocycles. The number of nitrogens with one attached hydrogen (secondary N) is 1. The Balaban J connectivity index is 1.70. The van der Waals surface area contributed by atoms with Gasteiger partial charge in [-0.3, -0.25) is 14.9 Å². The van der Waals surface area contributed by atoms with Crippen molar-refractivity contribution in [3.63, 3.8) is 0 Å². The average molecular weight is 338 g/mol. The molecule has 0 bridgehead atoms. The first-order valence-corrected chi connectivity index (χ1v) is 7.85. The second-order valence-corrected chi connectivity index (χ2v) is 5.72. The smallest absolute Gasteiger partial charge is 0.395 e. The predicted octanol–water partition coefficient (Wildman–Crippen LogP) is 3.11. The van der Waals surface area contributed by atoms with Crippen LogP contribution >= 0.6 is 0 Å². The standard InChI is InChI=1S/C17H14N4O4/c22-17(14-9-10-15(25-14)21(23)24)18-16-12-7-4-8-13(12)19-20(16)11-5-2-1-3-6-11/h1-3,5-6,9-10H,4,7-8H2,(H,18,22). The van der Waals surface area contributed by atoms with Gasteiger partial charge in [0.2, 0.25) is 0 Å². The number of carbonyl (C=O) groups is 1. The lowest BCUT2D eigenvalue weighted by Crippen LogP contribution is -2.15. The number of nitro groups is 1. The van der Waals surface area contributed by atoms with Gasteiger partial charge in [-0.25, -0.2) is 4.68 Å². The average Bonchev–Trinajstić information content (AvgIpc) is 3.32. The number of amides is 1. The molecule has 0 spiro atoms. The first-order chi connectivity index (χ1) is 12.1. The summed E-state index contributed by atoms with van der Waals surface area (Å²) < 4.78 is 6.67. The number of benzene rings is 1. The van der Waals surface area contributed by atoms with E-state index >= 15 is 0 Å². The molecule has 0 unspecified atom stereocenters. The number of hydrogen-bond donors (Lipinski definition) is 1. The van der Waals surface area contributed by atoms with Crippen molar-refractivity contribution in [2.24, 2.45) is 0 Å². The molecule has 3 aromatic rings. The molecule has 0 saturated carbocycles. The maximum absolute atomic E-state index is 12.5. The van der Waals surface area contributed by atoms with Crippen molar-refractivity contribution in [3.05, 3.63) is 69.6 Å². The van der Waals surface area contributed by atoms with Gasteiger partial charge in [-0.05, 0) is 37.5 Å². The monoisotopic (exact) mass is 338 g/mol. The summed E-state index contributed by atoms with van der Waals surface area (Å²) in [5.41, 5.74) is 2.79. The fraction of sp³-hybridized carbons (Fsp3) is 0.176. The van der Waals surface area contributed by atoms with Crippen molar-refractivity contribution < 1.29 is 14.1 Å². The second kappa shape index (κ2) is 5.90. The largest absolute Gasteiger partial charge is 0.433 e. The van der Waals surface area contributed by atoms with Crippen LogP contribution in [0.5, 0.6) is 0 Å². The van der Waals surface area contributed by atoms with Crippen LogP contribution in [0.15, 0.2) is 46.9 Å². The number of para-hydroxylation sites is 1. The lowest BCUT2D eigenvalue weighted by Gasteiger charge is -2.10. The van der Waals surface area contributed by atoms with Crippen molar-refractivity contribution in [1.82, 2.24) is 9.78 Å². The van der Waals surface area contributed by atoms with Crippen LogP contribution in [0.3, 0.4) is 0 Å². The second-order valence-electron chi connectivity index (χ2n) is 5.72. The summed E-state index contributed by atoms with van der Waals surface area (Å²) in [5.74, 6) is -0.533. The fourth-order valence-electron chi connectivity index (χ4n) is 2.99. The predicted molar refractivity (Wildman–Crippen MR) is 88.9 cm³/mol. The van der Waals surface area contributed by atoms with E-state index in [1.807, 2.05) is 30.3 Å². The quantitative estimate of drug-likeness (QED) is 0.581. The van der Waals surface area contributed by atoms with Crippen molar-refractivity contribution in [1.29, 1.82) is 0 Å². The van der Waals surface area contributed by atoms with E-state index in [4.69, 9.17) is 4.42 Å². The Morgan fingerprint density at radius 3 is 2.72 bits per heavy atom. The van der Waals surface area contributed by atoms with Crippen LogP contribution in [0.4, 0.5) is 11.7 Å². The number of fused-ring (bicyclic) bond motifs is 1. The van der Waals surface area contributed by atoms with E-state index in [0.717, 1.165) is 42.3 Å². The van der Waals surface area contributed by atoms with Crippen LogP contribution in [0.1, 0.15) is 28.2 Å². The van der Waals surface area contributed by atoms with E-state index in [1.54, 1.807) is 4.68 Å². The number of anilines is 1. The van der Waals surface area contributed by atoms with Gasteiger partial charge >= 0.3 is 5.88 Å². The summed E-state index contributed by atoms with van der Waals surface area (Å²) in [4.78, 5) is 22.5. The minimum absolute atomic E-state index is 0.112. The summed E-state index contributed by atoms with van der Waals surface area (Å²) in [6, 6.07) is 11.9. The molecule has 8 heteroatoms. The third-order valence-electron chi connectivity index (χ3n) is 4.14. The molecule has 0 fully saturated rings. The van der Waals surface area contributed by atoms with Crippen LogP contribution in [-0.4, -0.2) is 20.6 Å². The highest BCUT2D eigenvalue weighted by molar-refractivity contribution is 6.02. The minimum atomic E-state index is -0.678. The first-order valence-electron chi connectivity index (χ1n) is 7.85. The molecule has 1 amide bonds. The highest BCUT2D eigenvalue weighted by Gasteiger charge is 2.26. The number of hydrogen-bond acceptors (Lipinski definition) is 5. The summed E-state index contributed by atoms with van der Waals surface area (Å²) >= 11 is 0. The minimum Gasteiger partial charge on any atom is -0.395 e. The number of aromatic nitrogens is 2. The van der Waals surface area contributed by atoms with Crippen molar-refractivity contribution in [3.8, 4) is 5.69 Å². The first kappa shape index (κ1) is 15.1. The molecule has 0 saturated heterocycles. The molecule has 0 radical (unpaired) electrons. The summed E-state index contributed by atoms with van der Waals surface area (Å²) in [6.45, 7) is 0. The third kappa shape index (κ3) is 2.67. The highest BCUT2D eigenvalue weighted by Crippen LogP contribution is 2.31. The maximum atomic E-state index is 12.5. The van der Waals surface area contributed by atoms with E-state index in [9.17, 15) is 14.9 Å². The van der Waals surface area contributed by atoms with Gasteiger partial charge in [-0.2, -0.15) is 5.10 Å². The highest BCUT2D eigenvalue weighted by atomic mass is 16.6. The van der Waals surface area contributed by atoms with Crippen LogP contribution in [0.2, 0.25) is 0 Å². The summed E-state index contributed by atoms with van der Waals surface area (Å²) in [6.07, 6.45) is 2.68. The van der Waals surface area contributed by atoms with Crippen molar-refractivity contribution >= 4 is 17.6 Å². The molecule has 1 aliphatic carbocycles. The Morgan fingerprint density at radius 2 is 2.00 bits per heavy atom. The zero-order chi connectivity index (χ0) is 17.4. The summed E-state index contributed by atoms with van der Waals surface area (Å²) in [7, 11) is 0. The molecular formula is C17H14N4O4. The molecule has 1 aromatic carbocycles.